The maximum atomic E-state index is 12.8. The molecule has 5 nitrogen and oxygen atoms in total. The Bertz CT molecular complexity index is 537. The molecule has 1 saturated heterocycles. The van der Waals surface area contributed by atoms with Gasteiger partial charge < -0.3 is 15.3 Å². The summed E-state index contributed by atoms with van der Waals surface area (Å²) in [4.78, 5) is 19.1. The van der Waals surface area contributed by atoms with Crippen molar-refractivity contribution in [2.24, 2.45) is 5.41 Å². The van der Waals surface area contributed by atoms with Crippen LogP contribution in [0.5, 0.6) is 0 Å². The molecule has 0 unspecified atom stereocenters. The summed E-state index contributed by atoms with van der Waals surface area (Å²) in [6, 6.07) is 3.70. The molecule has 0 spiro atoms. The number of aliphatic hydroxyl groups is 1. The molecule has 0 atom stereocenters. The highest BCUT2D eigenvalue weighted by molar-refractivity contribution is 5.98. The number of carbonyl (C=O) groups excluding carboxylic acids is 1. The van der Waals surface area contributed by atoms with E-state index in [0.717, 1.165) is 51.7 Å². The van der Waals surface area contributed by atoms with Crippen molar-refractivity contribution >= 4 is 11.7 Å². The van der Waals surface area contributed by atoms with E-state index in [1.165, 1.54) is 12.8 Å². The number of nitrogens with zero attached hydrogens (tertiary/aromatic N) is 2. The monoisotopic (exact) mass is 317 g/mol. The number of aromatic nitrogens is 1. The minimum Gasteiger partial charge on any atom is -0.396 e. The van der Waals surface area contributed by atoms with Crippen molar-refractivity contribution in [2.75, 3.05) is 31.6 Å². The van der Waals surface area contributed by atoms with Crippen LogP contribution in [0.4, 0.5) is 5.82 Å². The number of nitrogens with one attached hydrogen (secondary N) is 1. The average molecular weight is 317 g/mol. The lowest BCUT2D eigenvalue weighted by Gasteiger charge is -2.42. The number of hydrogen-bond acceptors (Lipinski definition) is 4. The number of anilines is 1. The summed E-state index contributed by atoms with van der Waals surface area (Å²) in [5, 5.41) is 12.7. The van der Waals surface area contributed by atoms with E-state index in [2.05, 4.69) is 10.3 Å². The Morgan fingerprint density at radius 2 is 2.04 bits per heavy atom. The third kappa shape index (κ3) is 3.66. The number of pyridine rings is 1. The van der Waals surface area contributed by atoms with Crippen LogP contribution in [0.15, 0.2) is 18.3 Å². The van der Waals surface area contributed by atoms with Gasteiger partial charge in [-0.05, 0) is 56.1 Å². The van der Waals surface area contributed by atoms with Gasteiger partial charge in [-0.2, -0.15) is 0 Å². The second-order valence-electron chi connectivity index (χ2n) is 6.93. The molecule has 2 N–H and O–H groups in total. The Labute approximate surface area is 138 Å². The maximum Gasteiger partial charge on any atom is 0.257 e. The summed E-state index contributed by atoms with van der Waals surface area (Å²) in [5.41, 5.74) is 0.852. The van der Waals surface area contributed by atoms with E-state index < -0.39 is 0 Å². The molecular weight excluding hydrogens is 290 g/mol. The Balaban J connectivity index is 1.69. The molecule has 0 radical (unpaired) electrons. The zero-order valence-corrected chi connectivity index (χ0v) is 13.8. The maximum absolute atomic E-state index is 12.8. The van der Waals surface area contributed by atoms with Crippen LogP contribution >= 0.6 is 0 Å². The molecule has 2 aliphatic rings. The van der Waals surface area contributed by atoms with E-state index in [4.69, 9.17) is 0 Å². The second-order valence-corrected chi connectivity index (χ2v) is 6.93. The molecule has 2 fully saturated rings. The van der Waals surface area contributed by atoms with E-state index in [9.17, 15) is 9.90 Å². The van der Waals surface area contributed by atoms with Gasteiger partial charge in [0.15, 0.2) is 0 Å². The first-order chi connectivity index (χ1) is 11.2. The Hall–Kier alpha value is -1.62. The first-order valence-electron chi connectivity index (χ1n) is 8.83. The Kier molecular flexibility index (Phi) is 5.16. The van der Waals surface area contributed by atoms with Crippen LogP contribution in [0, 0.1) is 5.41 Å². The van der Waals surface area contributed by atoms with Crippen LogP contribution in [0.2, 0.25) is 0 Å². The predicted molar refractivity (Wildman–Crippen MR) is 90.5 cm³/mol. The van der Waals surface area contributed by atoms with Gasteiger partial charge in [-0.3, -0.25) is 4.79 Å². The van der Waals surface area contributed by atoms with Gasteiger partial charge in [-0.25, -0.2) is 4.98 Å². The van der Waals surface area contributed by atoms with Crippen molar-refractivity contribution in [3.63, 3.8) is 0 Å². The normalized spacial score (nSPS) is 20.0. The first kappa shape index (κ1) is 16.2. The smallest absolute Gasteiger partial charge is 0.257 e. The fourth-order valence-corrected chi connectivity index (χ4v) is 3.69. The highest BCUT2D eigenvalue weighted by atomic mass is 16.3. The van der Waals surface area contributed by atoms with E-state index in [1.807, 2.05) is 17.0 Å². The fraction of sp³-hybridized carbons (Fsp3) is 0.667. The molecule has 5 heteroatoms. The minimum atomic E-state index is 0.0881. The highest BCUT2D eigenvalue weighted by Crippen LogP contribution is 2.43. The summed E-state index contributed by atoms with van der Waals surface area (Å²) >= 11 is 0. The van der Waals surface area contributed by atoms with E-state index in [0.29, 0.717) is 11.4 Å². The topological polar surface area (TPSA) is 65.5 Å². The SMILES string of the molecule is O=C(c1cccnc1NCC1(CCO)CCC1)N1CCCCC1. The summed E-state index contributed by atoms with van der Waals surface area (Å²) in [6.45, 7) is 2.71. The molecule has 0 aromatic carbocycles. The van der Waals surface area contributed by atoms with Crippen LogP contribution in [-0.2, 0) is 0 Å². The lowest BCUT2D eigenvalue weighted by Crippen LogP contribution is -2.39. The summed E-state index contributed by atoms with van der Waals surface area (Å²) in [7, 11) is 0. The Morgan fingerprint density at radius 1 is 1.26 bits per heavy atom. The molecule has 0 bridgehead atoms. The third-order valence-corrected chi connectivity index (χ3v) is 5.37. The van der Waals surface area contributed by atoms with Crippen molar-refractivity contribution in [1.82, 2.24) is 9.88 Å². The van der Waals surface area contributed by atoms with Crippen LogP contribution in [0.1, 0.15) is 55.3 Å². The van der Waals surface area contributed by atoms with Gasteiger partial charge in [0.25, 0.3) is 5.91 Å². The first-order valence-corrected chi connectivity index (χ1v) is 8.83. The second kappa shape index (κ2) is 7.30. The number of aliphatic hydroxyl groups excluding tert-OH is 1. The standard InChI is InChI=1S/C18H27N3O2/c22-13-9-18(7-5-8-18)14-20-16-15(6-4-10-19-16)17(23)21-11-2-1-3-12-21/h4,6,10,22H,1-3,5,7-9,11-14H2,(H,19,20). The molecule has 1 aliphatic heterocycles. The van der Waals surface area contributed by atoms with E-state index in [1.54, 1.807) is 6.20 Å². The van der Waals surface area contributed by atoms with Crippen molar-refractivity contribution in [2.45, 2.75) is 44.9 Å². The lowest BCUT2D eigenvalue weighted by molar-refractivity contribution is 0.0724. The average Bonchev–Trinajstić information content (AvgIpc) is 2.57. The number of hydrogen-bond donors (Lipinski definition) is 2. The highest BCUT2D eigenvalue weighted by Gasteiger charge is 2.36. The van der Waals surface area contributed by atoms with Gasteiger partial charge >= 0.3 is 0 Å². The van der Waals surface area contributed by atoms with E-state index >= 15 is 0 Å². The molecule has 1 saturated carbocycles. The van der Waals surface area contributed by atoms with Gasteiger partial charge in [-0.1, -0.05) is 6.42 Å². The summed E-state index contributed by atoms with van der Waals surface area (Å²) < 4.78 is 0. The van der Waals surface area contributed by atoms with Crippen LogP contribution in [-0.4, -0.2) is 47.1 Å². The largest absolute Gasteiger partial charge is 0.396 e. The number of amides is 1. The Morgan fingerprint density at radius 3 is 2.70 bits per heavy atom. The number of rotatable bonds is 6. The molecular formula is C18H27N3O2. The molecule has 23 heavy (non-hydrogen) atoms. The quantitative estimate of drug-likeness (QED) is 0.846. The van der Waals surface area contributed by atoms with Gasteiger partial charge in [0.1, 0.15) is 5.82 Å². The molecule has 2 heterocycles. The van der Waals surface area contributed by atoms with Gasteiger partial charge in [-0.15, -0.1) is 0 Å². The van der Waals surface area contributed by atoms with Crippen molar-refractivity contribution < 1.29 is 9.90 Å². The zero-order valence-electron chi connectivity index (χ0n) is 13.8. The summed E-state index contributed by atoms with van der Waals surface area (Å²) in [5.74, 6) is 0.775. The molecule has 126 valence electrons. The van der Waals surface area contributed by atoms with Crippen molar-refractivity contribution in [3.8, 4) is 0 Å². The zero-order chi connectivity index (χ0) is 16.1. The summed E-state index contributed by atoms with van der Waals surface area (Å²) in [6.07, 6.45) is 9.46. The molecule has 1 amide bonds. The molecule has 1 aromatic rings. The van der Waals surface area contributed by atoms with Crippen LogP contribution in [0.3, 0.4) is 0 Å². The van der Waals surface area contributed by atoms with Crippen LogP contribution < -0.4 is 5.32 Å². The third-order valence-electron chi connectivity index (χ3n) is 5.37. The molecule has 1 aromatic heterocycles. The molecule has 1 aliphatic carbocycles. The number of piperidine rings is 1. The number of likely N-dealkylation sites (tertiary alicyclic amines) is 1. The lowest BCUT2D eigenvalue weighted by atomic mass is 9.67. The molecule has 3 rings (SSSR count). The predicted octanol–water partition coefficient (Wildman–Crippen LogP) is 2.67. The minimum absolute atomic E-state index is 0.0881. The van der Waals surface area contributed by atoms with Gasteiger partial charge in [0.05, 0.1) is 5.56 Å². The van der Waals surface area contributed by atoms with E-state index in [-0.39, 0.29) is 17.9 Å². The fourth-order valence-electron chi connectivity index (χ4n) is 3.69. The van der Waals surface area contributed by atoms with Gasteiger partial charge in [0, 0.05) is 32.4 Å². The van der Waals surface area contributed by atoms with Crippen LogP contribution in [0.25, 0.3) is 0 Å². The van der Waals surface area contributed by atoms with Crippen molar-refractivity contribution in [1.29, 1.82) is 0 Å². The van der Waals surface area contributed by atoms with Crippen molar-refractivity contribution in [3.05, 3.63) is 23.9 Å². The number of carbonyl (C=O) groups is 1. The van der Waals surface area contributed by atoms with Gasteiger partial charge in [0.2, 0.25) is 0 Å².